The molecule has 0 unspecified atom stereocenters. The van der Waals surface area contributed by atoms with Gasteiger partial charge in [0.1, 0.15) is 6.17 Å². The van der Waals surface area contributed by atoms with Crippen molar-refractivity contribution in [3.8, 4) is 0 Å². The average molecular weight is 159 g/mol. The second-order valence-electron chi connectivity index (χ2n) is 3.35. The lowest BCUT2D eigenvalue weighted by atomic mass is 10.0. The number of alkyl halides is 1. The van der Waals surface area contributed by atoms with Crippen LogP contribution in [0.2, 0.25) is 0 Å². The molecular formula is C8H14FNO. The van der Waals surface area contributed by atoms with E-state index in [0.717, 1.165) is 0 Å². The highest BCUT2D eigenvalue weighted by molar-refractivity contribution is 5.86. The minimum Gasteiger partial charge on any atom is -0.304 e. The Labute approximate surface area is 66.2 Å². The van der Waals surface area contributed by atoms with Crippen molar-refractivity contribution in [3.63, 3.8) is 0 Å². The van der Waals surface area contributed by atoms with Crippen LogP contribution >= 0.6 is 0 Å². The highest BCUT2D eigenvalue weighted by atomic mass is 19.1. The Hall–Kier alpha value is -0.440. The van der Waals surface area contributed by atoms with Crippen molar-refractivity contribution in [3.05, 3.63) is 0 Å². The lowest BCUT2D eigenvalue weighted by Gasteiger charge is -2.10. The number of carbonyl (C=O) groups is 1. The summed E-state index contributed by atoms with van der Waals surface area (Å²) < 4.78 is 12.6. The Morgan fingerprint density at radius 3 is 2.64 bits per heavy atom. The normalized spacial score (nSPS) is 31.3. The molecule has 64 valence electrons. The summed E-state index contributed by atoms with van der Waals surface area (Å²) in [5, 5.41) is 2.86. The summed E-state index contributed by atoms with van der Waals surface area (Å²) in [6.07, 6.45) is -0.473. The van der Waals surface area contributed by atoms with Crippen LogP contribution in [0.25, 0.3) is 0 Å². The average Bonchev–Trinajstić information content (AvgIpc) is 2.34. The van der Waals surface area contributed by atoms with Crippen molar-refractivity contribution in [2.24, 2.45) is 5.92 Å². The fourth-order valence-electron chi connectivity index (χ4n) is 1.31. The van der Waals surface area contributed by atoms with Gasteiger partial charge in [-0.3, -0.25) is 4.79 Å². The van der Waals surface area contributed by atoms with Crippen LogP contribution in [-0.4, -0.2) is 24.5 Å². The van der Waals surface area contributed by atoms with Gasteiger partial charge in [-0.25, -0.2) is 4.39 Å². The fourth-order valence-corrected chi connectivity index (χ4v) is 1.31. The fraction of sp³-hybridized carbons (Fsp3) is 0.875. The molecule has 1 aliphatic rings. The van der Waals surface area contributed by atoms with Crippen molar-refractivity contribution < 1.29 is 9.18 Å². The van der Waals surface area contributed by atoms with Gasteiger partial charge in [-0.05, 0) is 0 Å². The van der Waals surface area contributed by atoms with Gasteiger partial charge in [0.05, 0.1) is 6.04 Å². The summed E-state index contributed by atoms with van der Waals surface area (Å²) in [7, 11) is 0. The predicted molar refractivity (Wildman–Crippen MR) is 41.1 cm³/mol. The highest BCUT2D eigenvalue weighted by Gasteiger charge is 2.29. The van der Waals surface area contributed by atoms with E-state index in [1.165, 1.54) is 0 Å². The second kappa shape index (κ2) is 3.30. The predicted octanol–water partition coefficient (Wildman–Crippen LogP) is 0.911. The van der Waals surface area contributed by atoms with Gasteiger partial charge >= 0.3 is 0 Å². The molecule has 3 heteroatoms. The van der Waals surface area contributed by atoms with E-state index in [4.69, 9.17) is 0 Å². The summed E-state index contributed by atoms with van der Waals surface area (Å²) in [5.74, 6) is 0.142. The number of halogens is 1. The van der Waals surface area contributed by atoms with E-state index < -0.39 is 6.17 Å². The lowest BCUT2D eigenvalue weighted by Crippen LogP contribution is -2.33. The van der Waals surface area contributed by atoms with E-state index in [1.807, 2.05) is 13.8 Å². The molecule has 11 heavy (non-hydrogen) atoms. The standard InChI is InChI=1S/C8H14FNO/c1-5(2)8(11)7-3-6(9)4-10-7/h5-7,10H,3-4H2,1-2H3/t6-,7+/m1/s1. The topological polar surface area (TPSA) is 29.1 Å². The van der Waals surface area contributed by atoms with Crippen molar-refractivity contribution >= 4 is 5.78 Å². The maximum Gasteiger partial charge on any atom is 0.152 e. The first-order valence-corrected chi connectivity index (χ1v) is 4.02. The van der Waals surface area contributed by atoms with Crippen LogP contribution in [0.5, 0.6) is 0 Å². The Morgan fingerprint density at radius 1 is 1.64 bits per heavy atom. The first kappa shape index (κ1) is 8.65. The maximum absolute atomic E-state index is 12.6. The van der Waals surface area contributed by atoms with E-state index in [1.54, 1.807) is 0 Å². The Morgan fingerprint density at radius 2 is 2.27 bits per heavy atom. The smallest absolute Gasteiger partial charge is 0.152 e. The first-order chi connectivity index (χ1) is 5.11. The molecule has 0 bridgehead atoms. The third-order valence-corrected chi connectivity index (χ3v) is 1.99. The van der Waals surface area contributed by atoms with E-state index in [9.17, 15) is 9.18 Å². The van der Waals surface area contributed by atoms with Crippen LogP contribution in [-0.2, 0) is 4.79 Å². The van der Waals surface area contributed by atoms with Gasteiger partial charge in [0, 0.05) is 18.9 Å². The molecule has 0 saturated carbocycles. The van der Waals surface area contributed by atoms with Gasteiger partial charge in [-0.2, -0.15) is 0 Å². The van der Waals surface area contributed by atoms with E-state index in [-0.39, 0.29) is 17.7 Å². The van der Waals surface area contributed by atoms with E-state index in [2.05, 4.69) is 5.32 Å². The van der Waals surface area contributed by atoms with Crippen molar-refractivity contribution in [1.29, 1.82) is 0 Å². The highest BCUT2D eigenvalue weighted by Crippen LogP contribution is 2.13. The minimum absolute atomic E-state index is 0.0119. The number of rotatable bonds is 2. The number of ketones is 1. The summed E-state index contributed by atoms with van der Waals surface area (Å²) in [6.45, 7) is 4.02. The van der Waals surface area contributed by atoms with Crippen LogP contribution in [0.3, 0.4) is 0 Å². The molecule has 0 aliphatic carbocycles. The third-order valence-electron chi connectivity index (χ3n) is 1.99. The second-order valence-corrected chi connectivity index (χ2v) is 3.35. The van der Waals surface area contributed by atoms with Crippen LogP contribution in [0.4, 0.5) is 4.39 Å². The molecule has 1 rings (SSSR count). The zero-order chi connectivity index (χ0) is 8.43. The molecule has 1 heterocycles. The lowest BCUT2D eigenvalue weighted by molar-refractivity contribution is -0.123. The van der Waals surface area contributed by atoms with Crippen LogP contribution < -0.4 is 5.32 Å². The first-order valence-electron chi connectivity index (χ1n) is 4.02. The van der Waals surface area contributed by atoms with Gasteiger partial charge in [-0.1, -0.05) is 13.8 Å². The molecule has 0 aromatic rings. The van der Waals surface area contributed by atoms with E-state index >= 15 is 0 Å². The van der Waals surface area contributed by atoms with Crippen LogP contribution in [0.1, 0.15) is 20.3 Å². The number of hydrogen-bond donors (Lipinski definition) is 1. The molecule has 0 radical (unpaired) electrons. The molecule has 0 aromatic carbocycles. The summed E-state index contributed by atoms with van der Waals surface area (Å²) in [5.41, 5.74) is 0. The molecule has 1 N–H and O–H groups in total. The minimum atomic E-state index is -0.831. The summed E-state index contributed by atoms with van der Waals surface area (Å²) in [4.78, 5) is 11.3. The monoisotopic (exact) mass is 159 g/mol. The summed E-state index contributed by atoms with van der Waals surface area (Å²) >= 11 is 0. The summed E-state index contributed by atoms with van der Waals surface area (Å²) in [6, 6.07) is -0.231. The SMILES string of the molecule is CC(C)C(=O)[C@@H]1C[C@@H](F)CN1. The zero-order valence-corrected chi connectivity index (χ0v) is 6.93. The largest absolute Gasteiger partial charge is 0.304 e. The molecule has 2 nitrogen and oxygen atoms in total. The van der Waals surface area contributed by atoms with Crippen LogP contribution in [0.15, 0.2) is 0 Å². The molecule has 2 atom stereocenters. The maximum atomic E-state index is 12.6. The van der Waals surface area contributed by atoms with Crippen molar-refractivity contribution in [2.45, 2.75) is 32.5 Å². The number of nitrogens with one attached hydrogen (secondary N) is 1. The van der Waals surface area contributed by atoms with E-state index in [0.29, 0.717) is 13.0 Å². The third kappa shape index (κ3) is 1.99. The molecular weight excluding hydrogens is 145 g/mol. The molecule has 0 aromatic heterocycles. The molecule has 1 fully saturated rings. The van der Waals surface area contributed by atoms with Gasteiger partial charge in [0.2, 0.25) is 0 Å². The molecule has 1 saturated heterocycles. The molecule has 0 amide bonds. The Bertz CT molecular complexity index is 158. The quantitative estimate of drug-likeness (QED) is 0.649. The molecule has 1 aliphatic heterocycles. The van der Waals surface area contributed by atoms with Gasteiger partial charge < -0.3 is 5.32 Å². The Balaban J connectivity index is 2.43. The van der Waals surface area contributed by atoms with Crippen LogP contribution in [0, 0.1) is 5.92 Å². The van der Waals surface area contributed by atoms with Crippen molar-refractivity contribution in [2.75, 3.05) is 6.54 Å². The number of carbonyl (C=O) groups excluding carboxylic acids is 1. The number of Topliss-reactive ketones (excluding diaryl/α,β-unsaturated/α-hetero) is 1. The van der Waals surface area contributed by atoms with Gasteiger partial charge in [-0.15, -0.1) is 0 Å². The van der Waals surface area contributed by atoms with Crippen molar-refractivity contribution in [1.82, 2.24) is 5.32 Å². The Kier molecular flexibility index (Phi) is 2.60. The molecule has 0 spiro atoms. The van der Waals surface area contributed by atoms with Gasteiger partial charge in [0.15, 0.2) is 5.78 Å². The zero-order valence-electron chi connectivity index (χ0n) is 6.93. The number of hydrogen-bond acceptors (Lipinski definition) is 2. The van der Waals surface area contributed by atoms with Gasteiger partial charge in [0.25, 0.3) is 0 Å².